The highest BCUT2D eigenvalue weighted by atomic mass is 35.5. The number of nitrogens with zero attached hydrogens (tertiary/aromatic N) is 1. The zero-order chi connectivity index (χ0) is 16.0. The van der Waals surface area contributed by atoms with Crippen LogP contribution in [0.5, 0.6) is 0 Å². The van der Waals surface area contributed by atoms with E-state index in [9.17, 15) is 8.42 Å². The zero-order valence-corrected chi connectivity index (χ0v) is 13.9. The molecule has 1 atom stereocenters. The summed E-state index contributed by atoms with van der Waals surface area (Å²) in [6, 6.07) is 13.0. The number of aromatic nitrogens is 1. The summed E-state index contributed by atoms with van der Waals surface area (Å²) in [7, 11) is -3.25. The van der Waals surface area contributed by atoms with E-state index in [1.165, 1.54) is 0 Å². The Morgan fingerprint density at radius 1 is 1.18 bits per heavy atom. The maximum atomic E-state index is 11.9. The molecule has 0 aliphatic heterocycles. The lowest BCUT2D eigenvalue weighted by Gasteiger charge is -2.18. The number of benzene rings is 1. The van der Waals surface area contributed by atoms with Crippen LogP contribution in [0.15, 0.2) is 48.7 Å². The minimum atomic E-state index is -3.25. The van der Waals surface area contributed by atoms with E-state index in [-0.39, 0.29) is 18.2 Å². The zero-order valence-electron chi connectivity index (χ0n) is 12.4. The van der Waals surface area contributed by atoms with Crippen LogP contribution in [0, 0.1) is 0 Å². The second-order valence-corrected chi connectivity index (χ2v) is 7.39. The number of rotatable bonds is 7. The van der Waals surface area contributed by atoms with Crippen molar-refractivity contribution in [2.45, 2.75) is 19.3 Å². The van der Waals surface area contributed by atoms with E-state index >= 15 is 0 Å². The van der Waals surface area contributed by atoms with Gasteiger partial charge in [-0.25, -0.2) is 13.1 Å². The molecule has 1 N–H and O–H groups in total. The maximum absolute atomic E-state index is 11.9. The summed E-state index contributed by atoms with van der Waals surface area (Å²) in [5, 5.41) is 0.648. The SMILES string of the molecule is CCCS(=O)(=O)NCC(c1ccc(Cl)cc1)c1ccccn1. The van der Waals surface area contributed by atoms with Crippen LogP contribution >= 0.6 is 11.6 Å². The average Bonchev–Trinajstić information content (AvgIpc) is 2.50. The van der Waals surface area contributed by atoms with Crippen molar-refractivity contribution in [3.63, 3.8) is 0 Å². The van der Waals surface area contributed by atoms with Crippen LogP contribution in [0.1, 0.15) is 30.5 Å². The van der Waals surface area contributed by atoms with Crippen molar-refractivity contribution in [1.29, 1.82) is 0 Å². The molecular weight excluding hydrogens is 320 g/mol. The molecule has 118 valence electrons. The van der Waals surface area contributed by atoms with Crippen molar-refractivity contribution in [1.82, 2.24) is 9.71 Å². The fourth-order valence-corrected chi connectivity index (χ4v) is 3.45. The molecule has 2 rings (SSSR count). The van der Waals surface area contributed by atoms with E-state index in [1.54, 1.807) is 18.3 Å². The Labute approximate surface area is 136 Å². The number of sulfonamides is 1. The van der Waals surface area contributed by atoms with Gasteiger partial charge in [-0.1, -0.05) is 36.7 Å². The molecule has 1 aromatic heterocycles. The largest absolute Gasteiger partial charge is 0.261 e. The van der Waals surface area contributed by atoms with Crippen LogP contribution in [-0.2, 0) is 10.0 Å². The lowest BCUT2D eigenvalue weighted by Crippen LogP contribution is -2.31. The van der Waals surface area contributed by atoms with Crippen LogP contribution in [0.25, 0.3) is 0 Å². The highest BCUT2D eigenvalue weighted by Crippen LogP contribution is 2.24. The maximum Gasteiger partial charge on any atom is 0.211 e. The van der Waals surface area contributed by atoms with Crippen molar-refractivity contribution in [2.24, 2.45) is 0 Å². The van der Waals surface area contributed by atoms with Crippen molar-refractivity contribution in [3.05, 3.63) is 64.9 Å². The molecule has 0 spiro atoms. The molecule has 1 heterocycles. The van der Waals surface area contributed by atoms with Crippen LogP contribution in [0.4, 0.5) is 0 Å². The summed E-state index contributed by atoms with van der Waals surface area (Å²) < 4.78 is 26.5. The molecular formula is C16H19ClN2O2S. The summed E-state index contributed by atoms with van der Waals surface area (Å²) >= 11 is 5.93. The van der Waals surface area contributed by atoms with Gasteiger partial charge in [0.05, 0.1) is 5.75 Å². The Hall–Kier alpha value is -1.43. The smallest absolute Gasteiger partial charge is 0.211 e. The third kappa shape index (κ3) is 4.80. The van der Waals surface area contributed by atoms with Gasteiger partial charge < -0.3 is 0 Å². The third-order valence-corrected chi connectivity index (χ3v) is 5.10. The predicted octanol–water partition coefficient (Wildman–Crippen LogP) is 3.20. The van der Waals surface area contributed by atoms with E-state index in [0.717, 1.165) is 11.3 Å². The van der Waals surface area contributed by atoms with E-state index in [4.69, 9.17) is 11.6 Å². The first-order valence-electron chi connectivity index (χ1n) is 7.15. The average molecular weight is 339 g/mol. The quantitative estimate of drug-likeness (QED) is 0.843. The molecule has 0 aliphatic rings. The molecule has 22 heavy (non-hydrogen) atoms. The second-order valence-electron chi connectivity index (χ2n) is 5.03. The first-order chi connectivity index (χ1) is 10.5. The molecule has 1 aromatic carbocycles. The highest BCUT2D eigenvalue weighted by Gasteiger charge is 2.18. The molecule has 0 bridgehead atoms. The molecule has 2 aromatic rings. The van der Waals surface area contributed by atoms with Gasteiger partial charge in [-0.2, -0.15) is 0 Å². The van der Waals surface area contributed by atoms with Gasteiger partial charge in [-0.3, -0.25) is 4.98 Å². The number of halogens is 1. The van der Waals surface area contributed by atoms with Gasteiger partial charge in [0.1, 0.15) is 0 Å². The van der Waals surface area contributed by atoms with Gasteiger partial charge in [0.2, 0.25) is 10.0 Å². The van der Waals surface area contributed by atoms with E-state index < -0.39 is 10.0 Å². The normalized spacial score (nSPS) is 13.0. The first-order valence-corrected chi connectivity index (χ1v) is 9.18. The second kappa shape index (κ2) is 7.72. The topological polar surface area (TPSA) is 59.1 Å². The summed E-state index contributed by atoms with van der Waals surface area (Å²) in [5.41, 5.74) is 1.80. The lowest BCUT2D eigenvalue weighted by molar-refractivity contribution is 0.575. The van der Waals surface area contributed by atoms with Gasteiger partial charge in [0, 0.05) is 29.4 Å². The summed E-state index contributed by atoms with van der Waals surface area (Å²) in [5.74, 6) is -0.0205. The summed E-state index contributed by atoms with van der Waals surface area (Å²) in [6.07, 6.45) is 2.29. The first kappa shape index (κ1) is 16.9. The summed E-state index contributed by atoms with van der Waals surface area (Å²) in [6.45, 7) is 2.12. The Bertz CT molecular complexity index is 688. The highest BCUT2D eigenvalue weighted by molar-refractivity contribution is 7.89. The monoisotopic (exact) mass is 338 g/mol. The molecule has 0 saturated carbocycles. The third-order valence-electron chi connectivity index (χ3n) is 3.30. The Morgan fingerprint density at radius 2 is 1.91 bits per heavy atom. The number of pyridine rings is 1. The predicted molar refractivity (Wildman–Crippen MR) is 89.6 cm³/mol. The molecule has 1 unspecified atom stereocenters. The summed E-state index contributed by atoms with van der Waals surface area (Å²) in [4.78, 5) is 4.36. The van der Waals surface area contributed by atoms with Gasteiger partial charge in [-0.05, 0) is 36.2 Å². The van der Waals surface area contributed by atoms with Gasteiger partial charge in [0.25, 0.3) is 0 Å². The minimum absolute atomic E-state index is 0.128. The fraction of sp³-hybridized carbons (Fsp3) is 0.312. The Kier molecular flexibility index (Phi) is 5.94. The van der Waals surface area contributed by atoms with Crippen LogP contribution in [-0.4, -0.2) is 25.7 Å². The Balaban J connectivity index is 2.25. The molecule has 0 radical (unpaired) electrons. The van der Waals surface area contributed by atoms with Gasteiger partial charge >= 0.3 is 0 Å². The number of hydrogen-bond donors (Lipinski definition) is 1. The van der Waals surface area contributed by atoms with E-state index in [2.05, 4.69) is 9.71 Å². The molecule has 4 nitrogen and oxygen atoms in total. The van der Waals surface area contributed by atoms with Gasteiger partial charge in [0.15, 0.2) is 0 Å². The van der Waals surface area contributed by atoms with E-state index in [1.807, 2.05) is 37.3 Å². The molecule has 6 heteroatoms. The van der Waals surface area contributed by atoms with E-state index in [0.29, 0.717) is 11.4 Å². The standard InChI is InChI=1S/C16H19ClN2O2S/c1-2-11-22(20,21)19-12-15(16-5-3-4-10-18-16)13-6-8-14(17)9-7-13/h3-10,15,19H,2,11-12H2,1H3. The van der Waals surface area contributed by atoms with Crippen molar-refractivity contribution < 1.29 is 8.42 Å². The molecule has 0 fully saturated rings. The van der Waals surface area contributed by atoms with Crippen molar-refractivity contribution in [2.75, 3.05) is 12.3 Å². The fourth-order valence-electron chi connectivity index (χ4n) is 2.22. The number of hydrogen-bond acceptors (Lipinski definition) is 3. The van der Waals surface area contributed by atoms with Crippen LogP contribution in [0.3, 0.4) is 0 Å². The number of nitrogens with one attached hydrogen (secondary N) is 1. The van der Waals surface area contributed by atoms with Crippen molar-refractivity contribution in [3.8, 4) is 0 Å². The molecule has 0 aliphatic carbocycles. The molecule has 0 amide bonds. The molecule has 0 saturated heterocycles. The minimum Gasteiger partial charge on any atom is -0.261 e. The van der Waals surface area contributed by atoms with Crippen molar-refractivity contribution >= 4 is 21.6 Å². The van der Waals surface area contributed by atoms with Gasteiger partial charge in [-0.15, -0.1) is 0 Å². The lowest BCUT2D eigenvalue weighted by atomic mass is 9.95. The van der Waals surface area contributed by atoms with Crippen LogP contribution in [0.2, 0.25) is 5.02 Å². The Morgan fingerprint density at radius 3 is 2.50 bits per heavy atom. The van der Waals surface area contributed by atoms with Crippen LogP contribution < -0.4 is 4.72 Å².